The van der Waals surface area contributed by atoms with Gasteiger partial charge in [-0.3, -0.25) is 4.79 Å². The lowest BCUT2D eigenvalue weighted by Gasteiger charge is -2.25. The van der Waals surface area contributed by atoms with Crippen LogP contribution in [0.3, 0.4) is 0 Å². The highest BCUT2D eigenvalue weighted by Crippen LogP contribution is 2.25. The molecule has 86 valence electrons. The second-order valence-corrected chi connectivity index (χ2v) is 4.84. The number of likely N-dealkylation sites (tertiary alicyclic amines) is 1. The quantitative estimate of drug-likeness (QED) is 0.695. The summed E-state index contributed by atoms with van der Waals surface area (Å²) in [5, 5.41) is 3.39. The van der Waals surface area contributed by atoms with E-state index in [9.17, 15) is 4.79 Å². The van der Waals surface area contributed by atoms with Gasteiger partial charge in [-0.25, -0.2) is 0 Å². The van der Waals surface area contributed by atoms with Crippen LogP contribution in [0.5, 0.6) is 0 Å². The molecule has 0 radical (unpaired) electrons. The summed E-state index contributed by atoms with van der Waals surface area (Å²) in [7, 11) is 0. The Hall–Kier alpha value is -0.570. The van der Waals surface area contributed by atoms with Crippen LogP contribution in [0, 0.1) is 5.92 Å². The van der Waals surface area contributed by atoms with E-state index in [0.717, 1.165) is 32.1 Å². The largest absolute Gasteiger partial charge is 0.343 e. The van der Waals surface area contributed by atoms with Crippen molar-refractivity contribution in [3.8, 4) is 0 Å². The molecule has 1 aliphatic carbocycles. The molecule has 15 heavy (non-hydrogen) atoms. The highest BCUT2D eigenvalue weighted by molar-refractivity contribution is 5.76. The van der Waals surface area contributed by atoms with E-state index in [1.54, 1.807) is 0 Å². The molecule has 2 aliphatic rings. The fourth-order valence-corrected chi connectivity index (χ4v) is 2.32. The zero-order chi connectivity index (χ0) is 10.5. The first-order valence-corrected chi connectivity index (χ1v) is 6.35. The normalized spacial score (nSPS) is 21.7. The van der Waals surface area contributed by atoms with Crippen molar-refractivity contribution >= 4 is 5.91 Å². The summed E-state index contributed by atoms with van der Waals surface area (Å²) < 4.78 is 0. The molecule has 0 aromatic carbocycles. The van der Waals surface area contributed by atoms with Crippen molar-refractivity contribution in [2.24, 2.45) is 5.92 Å². The summed E-state index contributed by atoms with van der Waals surface area (Å²) in [6.07, 6.45) is 7.24. The summed E-state index contributed by atoms with van der Waals surface area (Å²) in [6.45, 7) is 3.96. The van der Waals surface area contributed by atoms with Crippen LogP contribution in [0.1, 0.15) is 38.5 Å². The first-order valence-electron chi connectivity index (χ1n) is 6.35. The second kappa shape index (κ2) is 5.50. The van der Waals surface area contributed by atoms with E-state index in [2.05, 4.69) is 5.32 Å². The first-order chi connectivity index (χ1) is 7.36. The van der Waals surface area contributed by atoms with Gasteiger partial charge in [0.1, 0.15) is 0 Å². The molecule has 0 unspecified atom stereocenters. The van der Waals surface area contributed by atoms with Crippen LogP contribution in [-0.2, 0) is 4.79 Å². The van der Waals surface area contributed by atoms with Gasteiger partial charge in [-0.05, 0) is 38.1 Å². The van der Waals surface area contributed by atoms with Crippen LogP contribution in [0.4, 0.5) is 0 Å². The summed E-state index contributed by atoms with van der Waals surface area (Å²) in [5.74, 6) is 1.24. The van der Waals surface area contributed by atoms with Crippen LogP contribution in [0.2, 0.25) is 0 Å². The Balaban J connectivity index is 1.50. The van der Waals surface area contributed by atoms with E-state index in [-0.39, 0.29) is 0 Å². The maximum Gasteiger partial charge on any atom is 0.223 e. The molecule has 3 nitrogen and oxygen atoms in total. The highest BCUT2D eigenvalue weighted by atomic mass is 16.2. The van der Waals surface area contributed by atoms with Crippen LogP contribution < -0.4 is 5.32 Å². The molecule has 1 aliphatic heterocycles. The third-order valence-corrected chi connectivity index (χ3v) is 3.63. The average Bonchev–Trinajstić information content (AvgIpc) is 2.67. The molecule has 1 heterocycles. The lowest BCUT2D eigenvalue weighted by atomic mass is 9.85. The average molecular weight is 210 g/mol. The topological polar surface area (TPSA) is 32.3 Å². The fourth-order valence-electron chi connectivity index (χ4n) is 2.32. The van der Waals surface area contributed by atoms with Gasteiger partial charge in [-0.1, -0.05) is 6.42 Å². The molecular formula is C12H22N2O. The zero-order valence-electron chi connectivity index (χ0n) is 9.50. The van der Waals surface area contributed by atoms with Crippen LogP contribution in [-0.4, -0.2) is 37.0 Å². The van der Waals surface area contributed by atoms with Crippen molar-refractivity contribution in [1.29, 1.82) is 0 Å². The lowest BCUT2D eigenvalue weighted by molar-refractivity contribution is -0.130. The van der Waals surface area contributed by atoms with Crippen molar-refractivity contribution in [2.75, 3.05) is 26.2 Å². The molecule has 0 aromatic heterocycles. The fraction of sp³-hybridized carbons (Fsp3) is 0.917. The van der Waals surface area contributed by atoms with Crippen LogP contribution in [0.25, 0.3) is 0 Å². The summed E-state index contributed by atoms with van der Waals surface area (Å²) in [4.78, 5) is 13.7. The number of hydrogen-bond donors (Lipinski definition) is 1. The Kier molecular flexibility index (Phi) is 4.01. The molecule has 1 amide bonds. The Labute approximate surface area is 92.2 Å². The number of carbonyl (C=O) groups is 1. The van der Waals surface area contributed by atoms with E-state index in [0.29, 0.717) is 12.3 Å². The minimum atomic E-state index is 0.341. The number of rotatable bonds is 5. The molecule has 0 atom stereocenters. The van der Waals surface area contributed by atoms with Crippen molar-refractivity contribution in [2.45, 2.75) is 38.5 Å². The molecule has 2 rings (SSSR count). The van der Waals surface area contributed by atoms with E-state index >= 15 is 0 Å². The van der Waals surface area contributed by atoms with Crippen molar-refractivity contribution in [1.82, 2.24) is 10.2 Å². The summed E-state index contributed by atoms with van der Waals surface area (Å²) in [5.41, 5.74) is 0. The third kappa shape index (κ3) is 3.20. The van der Waals surface area contributed by atoms with Gasteiger partial charge in [0.25, 0.3) is 0 Å². The Morgan fingerprint density at radius 1 is 1.20 bits per heavy atom. The van der Waals surface area contributed by atoms with Gasteiger partial charge in [0.05, 0.1) is 0 Å². The molecule has 1 saturated carbocycles. The predicted octanol–water partition coefficient (Wildman–Crippen LogP) is 1.39. The van der Waals surface area contributed by atoms with E-state index in [1.165, 1.54) is 32.1 Å². The number of amides is 1. The third-order valence-electron chi connectivity index (χ3n) is 3.63. The Bertz CT molecular complexity index is 208. The molecule has 0 aromatic rings. The van der Waals surface area contributed by atoms with Gasteiger partial charge in [0, 0.05) is 26.1 Å². The van der Waals surface area contributed by atoms with Gasteiger partial charge in [-0.15, -0.1) is 0 Å². The van der Waals surface area contributed by atoms with Crippen molar-refractivity contribution in [3.63, 3.8) is 0 Å². The van der Waals surface area contributed by atoms with Crippen LogP contribution >= 0.6 is 0 Å². The zero-order valence-corrected chi connectivity index (χ0v) is 9.50. The first kappa shape index (κ1) is 10.9. The van der Waals surface area contributed by atoms with Crippen molar-refractivity contribution in [3.05, 3.63) is 0 Å². The molecular weight excluding hydrogens is 188 g/mol. The van der Waals surface area contributed by atoms with Gasteiger partial charge in [0.2, 0.25) is 5.91 Å². The molecule has 0 bridgehead atoms. The number of carbonyl (C=O) groups excluding carboxylic acids is 1. The van der Waals surface area contributed by atoms with Gasteiger partial charge >= 0.3 is 0 Å². The monoisotopic (exact) mass is 210 g/mol. The van der Waals surface area contributed by atoms with E-state index in [1.807, 2.05) is 4.90 Å². The molecule has 1 N–H and O–H groups in total. The Morgan fingerprint density at radius 3 is 2.53 bits per heavy atom. The van der Waals surface area contributed by atoms with Crippen molar-refractivity contribution < 1.29 is 4.79 Å². The van der Waals surface area contributed by atoms with Gasteiger partial charge < -0.3 is 10.2 Å². The van der Waals surface area contributed by atoms with E-state index < -0.39 is 0 Å². The van der Waals surface area contributed by atoms with Crippen LogP contribution in [0.15, 0.2) is 0 Å². The van der Waals surface area contributed by atoms with Gasteiger partial charge in [0.15, 0.2) is 0 Å². The summed E-state index contributed by atoms with van der Waals surface area (Å²) in [6, 6.07) is 0. The number of nitrogens with zero attached hydrogens (tertiary/aromatic N) is 1. The second-order valence-electron chi connectivity index (χ2n) is 4.84. The minimum absolute atomic E-state index is 0.341. The predicted molar refractivity (Wildman–Crippen MR) is 60.6 cm³/mol. The molecule has 1 saturated heterocycles. The Morgan fingerprint density at radius 2 is 1.93 bits per heavy atom. The highest BCUT2D eigenvalue weighted by Gasteiger charge is 2.18. The van der Waals surface area contributed by atoms with E-state index in [4.69, 9.17) is 0 Å². The lowest BCUT2D eigenvalue weighted by Crippen LogP contribution is -2.33. The SMILES string of the molecule is O=C(CCNCC1CCC1)N1CCCC1. The maximum atomic E-state index is 11.7. The maximum absolute atomic E-state index is 11.7. The molecule has 2 fully saturated rings. The van der Waals surface area contributed by atoms with Gasteiger partial charge in [-0.2, -0.15) is 0 Å². The number of nitrogens with one attached hydrogen (secondary N) is 1. The molecule has 0 spiro atoms. The standard InChI is InChI=1S/C12H22N2O/c15-12(14-8-1-2-9-14)6-7-13-10-11-4-3-5-11/h11,13H,1-10H2. The molecule has 3 heteroatoms. The summed E-state index contributed by atoms with van der Waals surface area (Å²) >= 11 is 0. The smallest absolute Gasteiger partial charge is 0.223 e. The minimum Gasteiger partial charge on any atom is -0.343 e. The number of hydrogen-bond acceptors (Lipinski definition) is 2.